The molecule has 0 aliphatic carbocycles. The van der Waals surface area contributed by atoms with Crippen molar-refractivity contribution in [3.8, 4) is 11.4 Å². The molecule has 1 aromatic heterocycles. The van der Waals surface area contributed by atoms with Crippen LogP contribution < -0.4 is 5.32 Å². The molecule has 88 valence electrons. The summed E-state index contributed by atoms with van der Waals surface area (Å²) in [7, 11) is 0. The van der Waals surface area contributed by atoms with Crippen LogP contribution in [0.2, 0.25) is 0 Å². The van der Waals surface area contributed by atoms with Crippen LogP contribution in [0.25, 0.3) is 5.69 Å². The molecule has 1 saturated heterocycles. The summed E-state index contributed by atoms with van der Waals surface area (Å²) in [6.07, 6.45) is 2.78. The van der Waals surface area contributed by atoms with Gasteiger partial charge in [0.15, 0.2) is 0 Å². The van der Waals surface area contributed by atoms with Crippen LogP contribution in [0.5, 0.6) is 5.75 Å². The third-order valence-corrected chi connectivity index (χ3v) is 3.11. The van der Waals surface area contributed by atoms with Crippen LogP contribution in [0.4, 0.5) is 0 Å². The van der Waals surface area contributed by atoms with E-state index in [1.807, 2.05) is 16.7 Å². The SMILES string of the molecule is Oc1cccc(-n2cnnc2C2CCNC2)c1. The van der Waals surface area contributed by atoms with Gasteiger partial charge in [0.1, 0.15) is 17.9 Å². The summed E-state index contributed by atoms with van der Waals surface area (Å²) in [5.41, 5.74) is 0.900. The Morgan fingerprint density at radius 2 is 2.35 bits per heavy atom. The van der Waals surface area contributed by atoms with Crippen molar-refractivity contribution in [2.45, 2.75) is 12.3 Å². The fourth-order valence-electron chi connectivity index (χ4n) is 2.24. The van der Waals surface area contributed by atoms with Gasteiger partial charge in [-0.25, -0.2) is 0 Å². The maximum absolute atomic E-state index is 9.50. The zero-order chi connectivity index (χ0) is 11.7. The minimum Gasteiger partial charge on any atom is -0.508 e. The highest BCUT2D eigenvalue weighted by atomic mass is 16.3. The number of aromatic hydroxyl groups is 1. The van der Waals surface area contributed by atoms with Crippen molar-refractivity contribution in [1.29, 1.82) is 0 Å². The fraction of sp³-hybridized carbons (Fsp3) is 0.333. The molecule has 17 heavy (non-hydrogen) atoms. The number of benzene rings is 1. The van der Waals surface area contributed by atoms with Gasteiger partial charge in [0.05, 0.1) is 5.69 Å². The molecule has 0 spiro atoms. The molecule has 2 N–H and O–H groups in total. The Labute approximate surface area is 99.1 Å². The number of aromatic nitrogens is 3. The first-order valence-electron chi connectivity index (χ1n) is 5.74. The summed E-state index contributed by atoms with van der Waals surface area (Å²) >= 11 is 0. The van der Waals surface area contributed by atoms with Gasteiger partial charge in [-0.1, -0.05) is 6.07 Å². The van der Waals surface area contributed by atoms with Crippen molar-refractivity contribution in [2.24, 2.45) is 0 Å². The van der Waals surface area contributed by atoms with Gasteiger partial charge in [0.25, 0.3) is 0 Å². The van der Waals surface area contributed by atoms with Gasteiger partial charge < -0.3 is 10.4 Å². The third kappa shape index (κ3) is 1.89. The van der Waals surface area contributed by atoms with E-state index < -0.39 is 0 Å². The van der Waals surface area contributed by atoms with Gasteiger partial charge in [0, 0.05) is 18.5 Å². The Bertz CT molecular complexity index is 517. The standard InChI is InChI=1S/C12H14N4O/c17-11-3-1-2-10(6-11)16-8-14-15-12(16)9-4-5-13-7-9/h1-3,6,8-9,13,17H,4-5,7H2. The number of phenolic OH excluding ortho intramolecular Hbond substituents is 1. The highest BCUT2D eigenvalue weighted by molar-refractivity contribution is 5.39. The summed E-state index contributed by atoms with van der Waals surface area (Å²) in [5.74, 6) is 1.62. The molecule has 0 saturated carbocycles. The summed E-state index contributed by atoms with van der Waals surface area (Å²) in [6, 6.07) is 7.14. The Kier molecular flexibility index (Phi) is 2.53. The Balaban J connectivity index is 2.00. The van der Waals surface area contributed by atoms with Crippen LogP contribution in [0, 0.1) is 0 Å². The number of phenols is 1. The van der Waals surface area contributed by atoms with Crippen molar-refractivity contribution >= 4 is 0 Å². The molecular weight excluding hydrogens is 216 g/mol. The van der Waals surface area contributed by atoms with Crippen LogP contribution in [-0.4, -0.2) is 33.0 Å². The summed E-state index contributed by atoms with van der Waals surface area (Å²) in [6.45, 7) is 1.97. The first-order chi connectivity index (χ1) is 8.34. The van der Waals surface area contributed by atoms with E-state index in [1.165, 1.54) is 0 Å². The fourth-order valence-corrected chi connectivity index (χ4v) is 2.24. The van der Waals surface area contributed by atoms with Crippen molar-refractivity contribution in [2.75, 3.05) is 13.1 Å². The molecule has 2 aromatic rings. The molecule has 0 amide bonds. The minimum atomic E-state index is 0.256. The number of nitrogens with one attached hydrogen (secondary N) is 1. The highest BCUT2D eigenvalue weighted by Crippen LogP contribution is 2.24. The molecule has 0 radical (unpaired) electrons. The second kappa shape index (κ2) is 4.18. The Morgan fingerprint density at radius 3 is 3.12 bits per heavy atom. The van der Waals surface area contributed by atoms with Crippen LogP contribution in [0.1, 0.15) is 18.2 Å². The lowest BCUT2D eigenvalue weighted by Gasteiger charge is -2.10. The maximum Gasteiger partial charge on any atom is 0.141 e. The average molecular weight is 230 g/mol. The quantitative estimate of drug-likeness (QED) is 0.809. The van der Waals surface area contributed by atoms with Gasteiger partial charge in [-0.05, 0) is 25.1 Å². The summed E-state index contributed by atoms with van der Waals surface area (Å²) < 4.78 is 1.94. The molecule has 0 bridgehead atoms. The van der Waals surface area contributed by atoms with Crippen LogP contribution in [-0.2, 0) is 0 Å². The van der Waals surface area contributed by atoms with Crippen molar-refractivity contribution < 1.29 is 5.11 Å². The molecule has 5 heteroatoms. The topological polar surface area (TPSA) is 63.0 Å². The molecule has 1 unspecified atom stereocenters. The molecule has 3 rings (SSSR count). The third-order valence-electron chi connectivity index (χ3n) is 3.11. The van der Waals surface area contributed by atoms with Crippen LogP contribution in [0.3, 0.4) is 0 Å². The second-order valence-electron chi connectivity index (χ2n) is 4.27. The lowest BCUT2D eigenvalue weighted by Crippen LogP contribution is -2.11. The predicted octanol–water partition coefficient (Wildman–Crippen LogP) is 1.05. The van der Waals surface area contributed by atoms with E-state index in [2.05, 4.69) is 15.5 Å². The second-order valence-corrected chi connectivity index (χ2v) is 4.27. The van der Waals surface area contributed by atoms with E-state index in [0.29, 0.717) is 5.92 Å². The van der Waals surface area contributed by atoms with Crippen LogP contribution in [0.15, 0.2) is 30.6 Å². The number of hydrogen-bond donors (Lipinski definition) is 2. The van der Waals surface area contributed by atoms with Gasteiger partial charge in [0.2, 0.25) is 0 Å². The normalized spacial score (nSPS) is 19.6. The number of rotatable bonds is 2. The Hall–Kier alpha value is -1.88. The molecule has 1 aliphatic rings. The van der Waals surface area contributed by atoms with E-state index in [1.54, 1.807) is 18.5 Å². The van der Waals surface area contributed by atoms with Gasteiger partial charge >= 0.3 is 0 Å². The van der Waals surface area contributed by atoms with Crippen molar-refractivity contribution in [3.05, 3.63) is 36.4 Å². The highest BCUT2D eigenvalue weighted by Gasteiger charge is 2.22. The first-order valence-corrected chi connectivity index (χ1v) is 5.74. The Morgan fingerprint density at radius 1 is 1.41 bits per heavy atom. The summed E-state index contributed by atoms with van der Waals surface area (Å²) in [4.78, 5) is 0. The van der Waals surface area contributed by atoms with E-state index in [4.69, 9.17) is 0 Å². The van der Waals surface area contributed by atoms with E-state index in [9.17, 15) is 5.11 Å². The molecule has 2 heterocycles. The predicted molar refractivity (Wildman–Crippen MR) is 63.3 cm³/mol. The van der Waals surface area contributed by atoms with E-state index in [-0.39, 0.29) is 5.75 Å². The first kappa shape index (κ1) is 10.3. The molecule has 1 fully saturated rings. The van der Waals surface area contributed by atoms with E-state index in [0.717, 1.165) is 31.0 Å². The van der Waals surface area contributed by atoms with Crippen molar-refractivity contribution in [1.82, 2.24) is 20.1 Å². The van der Waals surface area contributed by atoms with Crippen LogP contribution >= 0.6 is 0 Å². The van der Waals surface area contributed by atoms with E-state index >= 15 is 0 Å². The van der Waals surface area contributed by atoms with Crippen molar-refractivity contribution in [3.63, 3.8) is 0 Å². The largest absolute Gasteiger partial charge is 0.508 e. The molecule has 1 aliphatic heterocycles. The van der Waals surface area contributed by atoms with Gasteiger partial charge in [-0.2, -0.15) is 0 Å². The summed E-state index contributed by atoms with van der Waals surface area (Å²) in [5, 5.41) is 21.0. The minimum absolute atomic E-state index is 0.256. The number of nitrogens with zero attached hydrogens (tertiary/aromatic N) is 3. The lowest BCUT2D eigenvalue weighted by molar-refractivity contribution is 0.475. The zero-order valence-electron chi connectivity index (χ0n) is 9.37. The molecular formula is C12H14N4O. The smallest absolute Gasteiger partial charge is 0.141 e. The number of hydrogen-bond acceptors (Lipinski definition) is 4. The molecule has 1 aromatic carbocycles. The average Bonchev–Trinajstić information content (AvgIpc) is 3.00. The lowest BCUT2D eigenvalue weighted by atomic mass is 10.1. The molecule has 1 atom stereocenters. The maximum atomic E-state index is 9.50. The zero-order valence-corrected chi connectivity index (χ0v) is 9.37. The molecule has 5 nitrogen and oxygen atoms in total. The van der Waals surface area contributed by atoms with Gasteiger partial charge in [-0.3, -0.25) is 4.57 Å². The monoisotopic (exact) mass is 230 g/mol. The van der Waals surface area contributed by atoms with Gasteiger partial charge in [-0.15, -0.1) is 10.2 Å².